The van der Waals surface area contributed by atoms with Gasteiger partial charge in [0.15, 0.2) is 23.1 Å². The molecule has 4 rings (SSSR count). The van der Waals surface area contributed by atoms with Crippen molar-refractivity contribution >= 4 is 69.0 Å². The van der Waals surface area contributed by atoms with E-state index < -0.39 is 35.1 Å². The third-order valence-corrected chi connectivity index (χ3v) is 8.64. The first-order chi connectivity index (χ1) is 17.1. The zero-order valence-electron chi connectivity index (χ0n) is 19.0. The maximum atomic E-state index is 13.0. The second kappa shape index (κ2) is 10.2. The number of hydrogen-bond acceptors (Lipinski definition) is 12. The van der Waals surface area contributed by atoms with Crippen molar-refractivity contribution in [3.8, 4) is 0 Å². The minimum atomic E-state index is -1.49. The van der Waals surface area contributed by atoms with E-state index in [9.17, 15) is 24.3 Å². The van der Waals surface area contributed by atoms with Gasteiger partial charge in [0, 0.05) is 23.6 Å². The van der Waals surface area contributed by atoms with E-state index in [0.717, 1.165) is 26.8 Å². The summed E-state index contributed by atoms with van der Waals surface area (Å²) in [4.78, 5) is 59.8. The van der Waals surface area contributed by atoms with E-state index in [1.807, 2.05) is 6.92 Å². The number of nitrogens with one attached hydrogen (secondary N) is 1. The number of hydrogen-bond donors (Lipinski definition) is 3. The molecule has 0 spiro atoms. The summed E-state index contributed by atoms with van der Waals surface area (Å²) < 4.78 is 1.80. The minimum Gasteiger partial charge on any atom is -0.543 e. The van der Waals surface area contributed by atoms with Crippen molar-refractivity contribution in [2.45, 2.75) is 31.3 Å². The third-order valence-electron chi connectivity index (χ3n) is 5.54. The molecule has 5 N–H and O–H groups in total. The molecule has 1 fully saturated rings. The molecule has 0 radical (unpaired) electrons. The molecule has 0 aliphatic carbocycles. The van der Waals surface area contributed by atoms with Gasteiger partial charge >= 0.3 is 0 Å². The highest BCUT2D eigenvalue weighted by atomic mass is 32.2. The van der Waals surface area contributed by atoms with Crippen molar-refractivity contribution < 1.29 is 33.7 Å². The molecule has 0 unspecified atom stereocenters. The number of primary amides is 1. The molecule has 3 amide bonds. The summed E-state index contributed by atoms with van der Waals surface area (Å²) >= 11 is 3.77. The number of β-lactam (4-membered cyclic amide) rings is 1. The van der Waals surface area contributed by atoms with Crippen LogP contribution in [0.2, 0.25) is 0 Å². The van der Waals surface area contributed by atoms with Crippen LogP contribution >= 0.6 is 34.4 Å². The summed E-state index contributed by atoms with van der Waals surface area (Å²) in [6, 6.07) is -0.978. The highest BCUT2D eigenvalue weighted by Gasteiger charge is 2.53. The van der Waals surface area contributed by atoms with Crippen LogP contribution in [0, 0.1) is 6.92 Å². The number of carboxylic acid groups (broad SMARTS) is 1. The van der Waals surface area contributed by atoms with Gasteiger partial charge in [-0.2, -0.15) is 4.57 Å². The molecule has 0 saturated carbocycles. The monoisotopic (exact) mass is 551 g/mol. The largest absolute Gasteiger partial charge is 0.543 e. The van der Waals surface area contributed by atoms with Crippen molar-refractivity contribution in [2.75, 3.05) is 18.6 Å². The van der Waals surface area contributed by atoms with E-state index in [1.54, 1.807) is 10.1 Å². The van der Waals surface area contributed by atoms with Gasteiger partial charge in [0.25, 0.3) is 11.8 Å². The predicted octanol–water partition coefficient (Wildman–Crippen LogP) is -2.13. The van der Waals surface area contributed by atoms with Gasteiger partial charge in [0.05, 0.1) is 23.0 Å². The molecule has 36 heavy (non-hydrogen) atoms. The van der Waals surface area contributed by atoms with E-state index in [1.165, 1.54) is 35.6 Å². The highest BCUT2D eigenvalue weighted by molar-refractivity contribution is 8.00. The summed E-state index contributed by atoms with van der Waals surface area (Å²) in [6.07, 6.45) is 0.0839. The first kappa shape index (κ1) is 25.6. The second-order valence-corrected chi connectivity index (χ2v) is 10.7. The van der Waals surface area contributed by atoms with Crippen LogP contribution in [0.25, 0.3) is 0 Å². The maximum absolute atomic E-state index is 13.0. The number of oxime groups is 1. The Kier molecular flexibility index (Phi) is 7.28. The fourth-order valence-electron chi connectivity index (χ4n) is 3.84. The Balaban J connectivity index is 1.53. The summed E-state index contributed by atoms with van der Waals surface area (Å²) in [5, 5.41) is 19.5. The topological polar surface area (TPSA) is 197 Å². The van der Waals surface area contributed by atoms with Gasteiger partial charge in [-0.1, -0.05) is 16.5 Å². The minimum absolute atomic E-state index is 0.0839. The average Bonchev–Trinajstić information content (AvgIpc) is 3.40. The van der Waals surface area contributed by atoms with Crippen LogP contribution in [-0.4, -0.2) is 63.6 Å². The second-order valence-electron chi connectivity index (χ2n) is 7.80. The van der Waals surface area contributed by atoms with E-state index in [4.69, 9.17) is 16.3 Å². The lowest BCUT2D eigenvalue weighted by Gasteiger charge is -2.50. The van der Waals surface area contributed by atoms with Gasteiger partial charge in [-0.05, 0) is 0 Å². The van der Waals surface area contributed by atoms with Crippen LogP contribution in [-0.2, 0) is 37.0 Å². The van der Waals surface area contributed by atoms with Crippen molar-refractivity contribution in [3.63, 3.8) is 0 Å². The highest BCUT2D eigenvalue weighted by Crippen LogP contribution is 2.40. The lowest BCUT2D eigenvalue weighted by molar-refractivity contribution is -0.690. The van der Waals surface area contributed by atoms with Gasteiger partial charge in [-0.15, -0.1) is 23.1 Å². The van der Waals surface area contributed by atoms with Crippen molar-refractivity contribution in [1.29, 1.82) is 0 Å². The van der Waals surface area contributed by atoms with E-state index in [2.05, 4.69) is 15.5 Å². The molecule has 4 heterocycles. The molecule has 1 saturated heterocycles. The fourth-order valence-corrected chi connectivity index (χ4v) is 6.72. The predicted molar refractivity (Wildman–Crippen MR) is 129 cm³/mol. The third kappa shape index (κ3) is 4.78. The average molecular weight is 552 g/mol. The van der Waals surface area contributed by atoms with Gasteiger partial charge in [-0.3, -0.25) is 19.3 Å². The number of carbonyl (C=O) groups excluding carboxylic acids is 4. The number of thioether (sulfide) groups is 1. The molecular weight excluding hydrogens is 530 g/mol. The maximum Gasteiger partial charge on any atom is 0.276 e. The molecular formula is C20H21N7O6S3. The zero-order chi connectivity index (χ0) is 26.1. The Morgan fingerprint density at radius 2 is 2.14 bits per heavy atom. The van der Waals surface area contributed by atoms with Gasteiger partial charge in [0.2, 0.25) is 11.4 Å². The molecule has 16 heteroatoms. The van der Waals surface area contributed by atoms with E-state index >= 15 is 0 Å². The normalized spacial score (nSPS) is 19.6. The lowest BCUT2D eigenvalue weighted by Crippen LogP contribution is -2.71. The number of aromatic nitrogens is 2. The number of anilines is 1. The van der Waals surface area contributed by atoms with Crippen molar-refractivity contribution in [2.24, 2.45) is 10.9 Å². The lowest BCUT2D eigenvalue weighted by atomic mass is 10.0. The van der Waals surface area contributed by atoms with E-state index in [-0.39, 0.29) is 35.2 Å². The zero-order valence-corrected chi connectivity index (χ0v) is 21.5. The number of amides is 3. The van der Waals surface area contributed by atoms with Gasteiger partial charge in [0.1, 0.15) is 24.2 Å². The molecule has 2 aliphatic heterocycles. The molecule has 2 atom stereocenters. The SMILES string of the molecule is CO/N=C(\C(=O)N[C@@H]1C(=O)N2C(C(=O)[O-])=C(C[n+]3csc(CC(N)=O)c3C)CS[C@H]12)c1csc(N)n1. The molecule has 0 bridgehead atoms. The van der Waals surface area contributed by atoms with E-state index in [0.29, 0.717) is 11.3 Å². The number of carbonyl (C=O) groups is 4. The first-order valence-corrected chi connectivity index (χ1v) is 13.2. The van der Waals surface area contributed by atoms with Gasteiger partial charge in [-0.25, -0.2) is 4.98 Å². The number of nitrogens with two attached hydrogens (primary N) is 2. The number of carboxylic acids is 1. The van der Waals surface area contributed by atoms with Crippen LogP contribution in [0.4, 0.5) is 5.13 Å². The Labute approximate surface area is 216 Å². The fraction of sp³-hybridized carbons (Fsp3) is 0.350. The summed E-state index contributed by atoms with van der Waals surface area (Å²) in [5.41, 5.74) is 13.8. The summed E-state index contributed by atoms with van der Waals surface area (Å²) in [6.45, 7) is 2.00. The smallest absolute Gasteiger partial charge is 0.276 e. The molecule has 13 nitrogen and oxygen atoms in total. The molecule has 2 aromatic heterocycles. The number of aliphatic carboxylic acids is 1. The summed E-state index contributed by atoms with van der Waals surface area (Å²) in [7, 11) is 1.26. The van der Waals surface area contributed by atoms with Crippen LogP contribution < -0.4 is 26.5 Å². The quantitative estimate of drug-likeness (QED) is 0.135. The molecule has 2 aliphatic rings. The molecule has 190 valence electrons. The van der Waals surface area contributed by atoms with Crippen molar-refractivity contribution in [1.82, 2.24) is 15.2 Å². The number of rotatable bonds is 9. The Bertz CT molecular complexity index is 1320. The van der Waals surface area contributed by atoms with Crippen LogP contribution in [0.5, 0.6) is 0 Å². The van der Waals surface area contributed by atoms with Crippen LogP contribution in [0.1, 0.15) is 16.3 Å². The number of thiazole rings is 2. The first-order valence-electron chi connectivity index (χ1n) is 10.4. The standard InChI is InChI=1S/C20H21N7O6S3/c1-8-11(3-12(21)28)36-7-26(8)4-9-5-34-18-14(17(30)27(18)15(9)19(31)32)24-16(29)13(25-33-2)10-6-35-20(22)23-10/h6-7,14,18H,3-5H2,1-2H3,(H5-,21,22,23,24,28,29,31,32)/b25-13-/t14-,18-/m1/s1. The van der Waals surface area contributed by atoms with Crippen molar-refractivity contribution in [3.05, 3.63) is 38.4 Å². The Morgan fingerprint density at radius 1 is 1.39 bits per heavy atom. The molecule has 2 aromatic rings. The summed E-state index contributed by atoms with van der Waals surface area (Å²) in [5.74, 6) is -2.96. The Hall–Kier alpha value is -3.50. The van der Waals surface area contributed by atoms with Crippen LogP contribution in [0.3, 0.4) is 0 Å². The Morgan fingerprint density at radius 3 is 2.75 bits per heavy atom. The number of nitrogen functional groups attached to an aromatic ring is 1. The van der Waals surface area contributed by atoms with Crippen LogP contribution in [0.15, 0.2) is 27.3 Å². The van der Waals surface area contributed by atoms with Gasteiger partial charge < -0.3 is 31.5 Å². The number of fused-ring (bicyclic) bond motifs is 1. The number of nitrogens with zero attached hydrogens (tertiary/aromatic N) is 4. The molecule has 0 aromatic carbocycles.